The maximum Gasteiger partial charge on any atom is -0.0771 e. The van der Waals surface area contributed by atoms with E-state index in [1.165, 1.54) is 37.9 Å². The Hall–Kier alpha value is -3.09. The van der Waals surface area contributed by atoms with Crippen molar-refractivity contribution in [3.8, 4) is 0 Å². The molecule has 0 heterocycles. The summed E-state index contributed by atoms with van der Waals surface area (Å²) in [6.07, 6.45) is 0. The normalized spacial score (nSPS) is 10.7. The number of hydrogen-bond donors (Lipinski definition) is 0. The minimum absolute atomic E-state index is 0.630. The Kier molecular flexibility index (Phi) is 10.2. The molecular weight excluding hydrogens is 619 g/mol. The van der Waals surface area contributed by atoms with Crippen LogP contribution >= 0.6 is 17.0 Å². The zero-order valence-electron chi connectivity index (χ0n) is 23.3. The Labute approximate surface area is 257 Å². The fourth-order valence-electron chi connectivity index (χ4n) is 5.18. The molecule has 0 aromatic heterocycles. The first-order valence-corrected chi connectivity index (χ1v) is 21.4. The predicted molar refractivity (Wildman–Crippen MR) is 178 cm³/mol. The molecule has 0 nitrogen and oxygen atoms in total. The smallest absolute Gasteiger partial charge is 0.0771 e. The Bertz CT molecular complexity index is 1780. The van der Waals surface area contributed by atoms with Crippen LogP contribution in [0.25, 0.3) is 32.3 Å². The molecule has 0 radical (unpaired) electrons. The zero-order valence-corrected chi connectivity index (χ0v) is 27.2. The van der Waals surface area contributed by atoms with Gasteiger partial charge in [-0.25, -0.2) is 0 Å². The third-order valence-electron chi connectivity index (χ3n) is 7.17. The van der Waals surface area contributed by atoms with Gasteiger partial charge in [0.25, 0.3) is 0 Å². The van der Waals surface area contributed by atoms with E-state index in [-0.39, 0.29) is 0 Å². The molecule has 0 spiro atoms. The minimum Gasteiger partial charge on any atom is -0.126 e. The average Bonchev–Trinajstić information content (AvgIpc) is 3.61. The van der Waals surface area contributed by atoms with Gasteiger partial charge in [-0.05, 0) is 0 Å². The molecule has 0 unspecified atom stereocenters. The van der Waals surface area contributed by atoms with Crippen LogP contribution in [0.4, 0.5) is 0 Å². The van der Waals surface area contributed by atoms with Crippen molar-refractivity contribution in [1.29, 1.82) is 0 Å². The van der Waals surface area contributed by atoms with Gasteiger partial charge in [0.1, 0.15) is 0 Å². The third kappa shape index (κ3) is 7.23. The Morgan fingerprint density at radius 2 is 1.05 bits per heavy atom. The van der Waals surface area contributed by atoms with E-state index >= 15 is 0 Å². The van der Waals surface area contributed by atoms with E-state index in [0.29, 0.717) is 5.92 Å². The van der Waals surface area contributed by atoms with E-state index in [4.69, 9.17) is 17.0 Å². The van der Waals surface area contributed by atoms with Crippen LogP contribution in [-0.4, -0.2) is 3.21 Å². The summed E-state index contributed by atoms with van der Waals surface area (Å²) in [7, 11) is 12.5. The summed E-state index contributed by atoms with van der Waals surface area (Å²) >= 11 is -2.44. The number of hydrogen-bond acceptors (Lipinski definition) is 0. The van der Waals surface area contributed by atoms with Crippen molar-refractivity contribution in [3.63, 3.8) is 0 Å². The van der Waals surface area contributed by atoms with Crippen LogP contribution in [-0.2, 0) is 18.9 Å². The average molecular weight is 651 g/mol. The minimum atomic E-state index is -2.44. The summed E-state index contributed by atoms with van der Waals surface area (Å²) in [5.41, 5.74) is 3.76. The quantitative estimate of drug-likeness (QED) is 0.167. The molecule has 7 aromatic carbocycles. The summed E-state index contributed by atoms with van der Waals surface area (Å²) in [6, 6.07) is 52.6. The van der Waals surface area contributed by atoms with Crippen molar-refractivity contribution < 1.29 is 18.9 Å². The van der Waals surface area contributed by atoms with Crippen LogP contribution in [0.15, 0.2) is 152 Å². The Morgan fingerprint density at radius 1 is 0.585 bits per heavy atom. The first kappa shape index (κ1) is 29.4. The van der Waals surface area contributed by atoms with Crippen molar-refractivity contribution in [3.05, 3.63) is 168 Å². The second-order valence-electron chi connectivity index (χ2n) is 10.2. The van der Waals surface area contributed by atoms with Crippen molar-refractivity contribution in [2.24, 2.45) is 0 Å². The van der Waals surface area contributed by atoms with Gasteiger partial charge in [0.15, 0.2) is 0 Å². The summed E-state index contributed by atoms with van der Waals surface area (Å²) < 4.78 is 1.15. The van der Waals surface area contributed by atoms with Crippen LogP contribution in [0.2, 0.25) is 0 Å². The topological polar surface area (TPSA) is 0 Å². The molecule has 0 atom stereocenters. The van der Waals surface area contributed by atoms with Crippen LogP contribution in [0.5, 0.6) is 0 Å². The summed E-state index contributed by atoms with van der Waals surface area (Å²) in [6.45, 7) is 4.48. The summed E-state index contributed by atoms with van der Waals surface area (Å²) in [5.74, 6) is 0.630. The van der Waals surface area contributed by atoms with Crippen molar-refractivity contribution >= 4 is 52.5 Å². The molecule has 0 aliphatic carbocycles. The first-order valence-electron chi connectivity index (χ1n) is 13.9. The van der Waals surface area contributed by atoms with E-state index < -0.39 is 18.9 Å². The number of benzene rings is 5. The molecule has 0 bridgehead atoms. The second-order valence-corrected chi connectivity index (χ2v) is 18.3. The van der Waals surface area contributed by atoms with Crippen LogP contribution in [0, 0.1) is 0 Å². The Morgan fingerprint density at radius 3 is 1.56 bits per heavy atom. The summed E-state index contributed by atoms with van der Waals surface area (Å²) in [4.78, 5) is 0. The van der Waals surface area contributed by atoms with Gasteiger partial charge in [0.2, 0.25) is 0 Å². The predicted octanol–water partition coefficient (Wildman–Crippen LogP) is 11.6. The van der Waals surface area contributed by atoms with E-state index in [1.807, 2.05) is 36.4 Å². The van der Waals surface area contributed by atoms with Gasteiger partial charge in [-0.2, -0.15) is 6.07 Å². The van der Waals surface area contributed by atoms with Gasteiger partial charge in [-0.15, -0.1) is 80.3 Å². The van der Waals surface area contributed by atoms with Crippen LogP contribution < -0.4 is 0 Å². The molecular formula is C38H32Cl2Zr-2. The molecule has 0 N–H and O–H groups in total. The van der Waals surface area contributed by atoms with Gasteiger partial charge in [-0.3, -0.25) is 0 Å². The molecule has 41 heavy (non-hydrogen) atoms. The SMILES string of the molecule is CC(C)[c-]1ccc2ccccc21.[Cl][Zr]([Cl])=[C](c1ccccc1)c1ccccc1.c1ccc2c(c1)[cH-]c1ccccc12. The van der Waals surface area contributed by atoms with Gasteiger partial charge in [0, 0.05) is 0 Å². The fourth-order valence-corrected chi connectivity index (χ4v) is 9.65. The molecule has 0 aliphatic rings. The van der Waals surface area contributed by atoms with Gasteiger partial charge < -0.3 is 0 Å². The molecule has 0 saturated carbocycles. The van der Waals surface area contributed by atoms with Crippen molar-refractivity contribution in [1.82, 2.24) is 0 Å². The van der Waals surface area contributed by atoms with Gasteiger partial charge in [0.05, 0.1) is 0 Å². The molecule has 7 rings (SSSR count). The first-order chi connectivity index (χ1) is 20.0. The van der Waals surface area contributed by atoms with Crippen molar-refractivity contribution in [2.45, 2.75) is 19.8 Å². The number of fused-ring (bicyclic) bond motifs is 4. The van der Waals surface area contributed by atoms with Gasteiger partial charge >= 0.3 is 111 Å². The number of halogens is 2. The molecule has 0 amide bonds. The van der Waals surface area contributed by atoms with E-state index in [9.17, 15) is 0 Å². The standard InChI is InChI=1S/C13H9.C13H10.C12H13.2ClH.Zr/c1-3-7-12-10(5-1)9-11-6-2-4-8-13(11)12;1-3-7-12(8-4-1)11-13-9-5-2-6-10-13;1-9(2)11-8-7-10-5-3-4-6-12(10)11;;;/h1-9H;1-10H;3-9H,1-2H3;2*1H;/q-1;;-1;;;+2/p-2. The third-order valence-corrected chi connectivity index (χ3v) is 11.8. The maximum absolute atomic E-state index is 6.24. The Balaban J connectivity index is 0.000000125. The summed E-state index contributed by atoms with van der Waals surface area (Å²) in [5, 5.41) is 8.16. The molecule has 0 fully saturated rings. The van der Waals surface area contributed by atoms with E-state index in [2.05, 4.69) is 129 Å². The van der Waals surface area contributed by atoms with Crippen LogP contribution in [0.1, 0.15) is 36.5 Å². The monoisotopic (exact) mass is 648 g/mol. The molecule has 3 heteroatoms. The van der Waals surface area contributed by atoms with Crippen molar-refractivity contribution in [2.75, 3.05) is 0 Å². The van der Waals surface area contributed by atoms with Gasteiger partial charge in [-0.1, -0.05) is 62.2 Å². The van der Waals surface area contributed by atoms with E-state index in [1.54, 1.807) is 0 Å². The second kappa shape index (κ2) is 14.2. The van der Waals surface area contributed by atoms with E-state index in [0.717, 1.165) is 14.3 Å². The number of rotatable bonds is 3. The zero-order chi connectivity index (χ0) is 28.6. The maximum atomic E-state index is 6.24. The molecule has 204 valence electrons. The molecule has 0 aliphatic heterocycles. The molecule has 7 aromatic rings. The fraction of sp³-hybridized carbons (Fsp3) is 0.0789. The molecule has 0 saturated heterocycles. The van der Waals surface area contributed by atoms with Crippen LogP contribution in [0.3, 0.4) is 0 Å². The largest absolute Gasteiger partial charge is 0.126 e.